The van der Waals surface area contributed by atoms with Crippen molar-refractivity contribution >= 4 is 10.9 Å². The molecule has 3 nitrogen and oxygen atoms in total. The van der Waals surface area contributed by atoms with E-state index in [1.54, 1.807) is 0 Å². The molecule has 1 heterocycles. The lowest BCUT2D eigenvalue weighted by Crippen LogP contribution is -2.17. The molecule has 108 valence electrons. The molecule has 0 radical (unpaired) electrons. The van der Waals surface area contributed by atoms with Crippen molar-refractivity contribution in [2.45, 2.75) is 18.9 Å². The van der Waals surface area contributed by atoms with Crippen LogP contribution in [0.1, 0.15) is 23.7 Å². The van der Waals surface area contributed by atoms with Gasteiger partial charge in [-0.25, -0.2) is 0 Å². The van der Waals surface area contributed by atoms with E-state index in [-0.39, 0.29) is 0 Å². The van der Waals surface area contributed by atoms with Crippen LogP contribution in [0.4, 0.5) is 0 Å². The number of hydrogen-bond acceptors (Lipinski definition) is 2. The molecule has 0 aliphatic carbocycles. The normalized spacial score (nSPS) is 12.7. The van der Waals surface area contributed by atoms with Gasteiger partial charge >= 0.3 is 0 Å². The van der Waals surface area contributed by atoms with Crippen molar-refractivity contribution in [3.8, 4) is 0 Å². The molecule has 0 aliphatic heterocycles. The summed E-state index contributed by atoms with van der Waals surface area (Å²) < 4.78 is 1.97. The lowest BCUT2D eigenvalue weighted by Gasteiger charge is -2.15. The Balaban J connectivity index is 1.80. The van der Waals surface area contributed by atoms with E-state index in [2.05, 4.69) is 65.0 Å². The molecule has 0 spiro atoms. The van der Waals surface area contributed by atoms with Crippen LogP contribution in [0.15, 0.2) is 54.6 Å². The number of nitrogens with zero attached hydrogens (tertiary/aromatic N) is 2. The third-order valence-electron chi connectivity index (χ3n) is 4.05. The molecule has 3 aromatic rings. The van der Waals surface area contributed by atoms with Gasteiger partial charge in [-0.2, -0.15) is 5.10 Å². The molecule has 2 aromatic carbocycles. The van der Waals surface area contributed by atoms with Crippen LogP contribution >= 0.6 is 0 Å². The molecule has 0 amide bonds. The van der Waals surface area contributed by atoms with E-state index in [0.717, 1.165) is 12.8 Å². The predicted molar refractivity (Wildman–Crippen MR) is 87.3 cm³/mol. The highest BCUT2D eigenvalue weighted by molar-refractivity contribution is 5.81. The van der Waals surface area contributed by atoms with Crippen molar-refractivity contribution < 1.29 is 0 Å². The maximum Gasteiger partial charge on any atom is 0.0703 e. The standard InChI is InChI=1S/C18H21N3/c1-19-16(14-8-4-3-5-9-14)12-13-17-15-10-6-7-11-18(15)21(2)20-17/h3-11,16,19H,12-13H2,1-2H3. The minimum Gasteiger partial charge on any atom is -0.313 e. The zero-order valence-electron chi connectivity index (χ0n) is 12.6. The highest BCUT2D eigenvalue weighted by Gasteiger charge is 2.12. The molecular weight excluding hydrogens is 258 g/mol. The second kappa shape index (κ2) is 6.10. The fraction of sp³-hybridized carbons (Fsp3) is 0.278. The van der Waals surface area contributed by atoms with Crippen molar-refractivity contribution in [3.63, 3.8) is 0 Å². The summed E-state index contributed by atoms with van der Waals surface area (Å²) >= 11 is 0. The summed E-state index contributed by atoms with van der Waals surface area (Å²) in [5.74, 6) is 0. The van der Waals surface area contributed by atoms with Crippen LogP contribution in [0.25, 0.3) is 10.9 Å². The zero-order valence-corrected chi connectivity index (χ0v) is 12.6. The fourth-order valence-corrected chi connectivity index (χ4v) is 2.92. The Morgan fingerprint density at radius 1 is 1.05 bits per heavy atom. The highest BCUT2D eigenvalue weighted by atomic mass is 15.3. The van der Waals surface area contributed by atoms with Gasteiger partial charge in [0.25, 0.3) is 0 Å². The molecule has 3 rings (SSSR count). The van der Waals surface area contributed by atoms with E-state index in [1.807, 2.05) is 18.8 Å². The number of benzene rings is 2. The van der Waals surface area contributed by atoms with E-state index in [9.17, 15) is 0 Å². The van der Waals surface area contributed by atoms with Crippen LogP contribution in [0.2, 0.25) is 0 Å². The van der Waals surface area contributed by atoms with Crippen LogP contribution in [-0.2, 0) is 13.5 Å². The first kappa shape index (κ1) is 13.8. The Morgan fingerprint density at radius 2 is 1.76 bits per heavy atom. The fourth-order valence-electron chi connectivity index (χ4n) is 2.92. The Labute approximate surface area is 125 Å². The first-order valence-corrected chi connectivity index (χ1v) is 7.42. The first-order chi connectivity index (χ1) is 10.3. The van der Waals surface area contributed by atoms with Gasteiger partial charge in [0.05, 0.1) is 11.2 Å². The average Bonchev–Trinajstić information content (AvgIpc) is 2.86. The number of aryl methyl sites for hydroxylation is 2. The van der Waals surface area contributed by atoms with E-state index >= 15 is 0 Å². The number of nitrogens with one attached hydrogen (secondary N) is 1. The molecule has 0 saturated heterocycles. The Hall–Kier alpha value is -2.13. The minimum absolute atomic E-state index is 0.368. The molecule has 3 heteroatoms. The molecule has 0 fully saturated rings. The van der Waals surface area contributed by atoms with E-state index in [0.29, 0.717) is 6.04 Å². The minimum atomic E-state index is 0.368. The van der Waals surface area contributed by atoms with E-state index < -0.39 is 0 Å². The van der Waals surface area contributed by atoms with Crippen LogP contribution in [0, 0.1) is 0 Å². The van der Waals surface area contributed by atoms with Crippen molar-refractivity contribution in [1.29, 1.82) is 0 Å². The second-order valence-electron chi connectivity index (χ2n) is 5.38. The van der Waals surface area contributed by atoms with Crippen LogP contribution in [-0.4, -0.2) is 16.8 Å². The Bertz CT molecular complexity index is 716. The molecular formula is C18H21N3. The van der Waals surface area contributed by atoms with Gasteiger partial charge in [0.15, 0.2) is 0 Å². The number of rotatable bonds is 5. The maximum absolute atomic E-state index is 4.68. The largest absolute Gasteiger partial charge is 0.313 e. The molecule has 1 atom stereocenters. The zero-order chi connectivity index (χ0) is 14.7. The summed E-state index contributed by atoms with van der Waals surface area (Å²) in [7, 11) is 4.03. The molecule has 1 unspecified atom stereocenters. The topological polar surface area (TPSA) is 29.9 Å². The van der Waals surface area contributed by atoms with Gasteiger partial charge in [0.1, 0.15) is 0 Å². The lowest BCUT2D eigenvalue weighted by atomic mass is 10.0. The summed E-state index contributed by atoms with van der Waals surface area (Å²) in [4.78, 5) is 0. The number of para-hydroxylation sites is 1. The number of aromatic nitrogens is 2. The second-order valence-corrected chi connectivity index (χ2v) is 5.38. The van der Waals surface area contributed by atoms with Crippen LogP contribution in [0.5, 0.6) is 0 Å². The van der Waals surface area contributed by atoms with Crippen LogP contribution < -0.4 is 5.32 Å². The lowest BCUT2D eigenvalue weighted by molar-refractivity contribution is 0.544. The summed E-state index contributed by atoms with van der Waals surface area (Å²) in [6.07, 6.45) is 2.02. The highest BCUT2D eigenvalue weighted by Crippen LogP contribution is 2.22. The third-order valence-corrected chi connectivity index (χ3v) is 4.05. The van der Waals surface area contributed by atoms with Gasteiger partial charge in [0, 0.05) is 18.5 Å². The van der Waals surface area contributed by atoms with Crippen molar-refractivity contribution in [3.05, 3.63) is 65.9 Å². The smallest absolute Gasteiger partial charge is 0.0703 e. The van der Waals surface area contributed by atoms with Crippen LogP contribution in [0.3, 0.4) is 0 Å². The molecule has 1 aromatic heterocycles. The summed E-state index contributed by atoms with van der Waals surface area (Å²) in [5.41, 5.74) is 3.72. The first-order valence-electron chi connectivity index (χ1n) is 7.42. The SMILES string of the molecule is CNC(CCc1nn(C)c2ccccc12)c1ccccc1. The van der Waals surface area contributed by atoms with Gasteiger partial charge in [-0.05, 0) is 31.5 Å². The van der Waals surface area contributed by atoms with Gasteiger partial charge in [-0.1, -0.05) is 48.5 Å². The van der Waals surface area contributed by atoms with E-state index in [1.165, 1.54) is 22.2 Å². The third kappa shape index (κ3) is 2.83. The maximum atomic E-state index is 4.68. The molecule has 0 saturated carbocycles. The molecule has 0 aliphatic rings. The van der Waals surface area contributed by atoms with Crippen molar-refractivity contribution in [1.82, 2.24) is 15.1 Å². The molecule has 0 bridgehead atoms. The predicted octanol–water partition coefficient (Wildman–Crippen LogP) is 3.47. The van der Waals surface area contributed by atoms with Crippen molar-refractivity contribution in [2.75, 3.05) is 7.05 Å². The quantitative estimate of drug-likeness (QED) is 0.775. The number of fused-ring (bicyclic) bond motifs is 1. The van der Waals surface area contributed by atoms with Gasteiger partial charge in [-0.15, -0.1) is 0 Å². The average molecular weight is 279 g/mol. The van der Waals surface area contributed by atoms with Gasteiger partial charge < -0.3 is 5.32 Å². The Morgan fingerprint density at radius 3 is 2.52 bits per heavy atom. The monoisotopic (exact) mass is 279 g/mol. The van der Waals surface area contributed by atoms with Gasteiger partial charge in [-0.3, -0.25) is 4.68 Å². The number of hydrogen-bond donors (Lipinski definition) is 1. The molecule has 21 heavy (non-hydrogen) atoms. The van der Waals surface area contributed by atoms with E-state index in [4.69, 9.17) is 0 Å². The summed E-state index contributed by atoms with van der Waals surface area (Å²) in [6.45, 7) is 0. The van der Waals surface area contributed by atoms with Gasteiger partial charge in [0.2, 0.25) is 0 Å². The summed E-state index contributed by atoms with van der Waals surface area (Å²) in [6, 6.07) is 19.4. The Kier molecular flexibility index (Phi) is 4.02. The molecule has 1 N–H and O–H groups in total. The summed E-state index contributed by atoms with van der Waals surface area (Å²) in [5, 5.41) is 9.35. The van der Waals surface area contributed by atoms with Crippen molar-refractivity contribution in [2.24, 2.45) is 7.05 Å².